The summed E-state index contributed by atoms with van der Waals surface area (Å²) in [5.74, 6) is -0.429. The number of hydrogen-bond donors (Lipinski definition) is 4. The molecule has 0 spiro atoms. The maximum atomic E-state index is 11.4. The Bertz CT molecular complexity index is 1160. The minimum atomic E-state index is -4.55. The van der Waals surface area contributed by atoms with Crippen molar-refractivity contribution in [2.45, 2.75) is 9.79 Å². The molecule has 3 aromatic rings. The molecule has 11 heteroatoms. The quantitative estimate of drug-likeness (QED) is 0.153. The first-order valence-electron chi connectivity index (χ1n) is 7.54. The van der Waals surface area contributed by atoms with Crippen molar-refractivity contribution in [1.29, 1.82) is 0 Å². The van der Waals surface area contributed by atoms with Crippen LogP contribution in [0, 0.1) is 0 Å². The Morgan fingerprint density at radius 3 is 2.46 bits per heavy atom. The maximum absolute atomic E-state index is 11.4. The first kappa shape index (κ1) is 20.1. The highest BCUT2D eigenvalue weighted by Crippen LogP contribution is 2.39. The fourth-order valence-electron chi connectivity index (χ4n) is 2.51. The van der Waals surface area contributed by atoms with Crippen molar-refractivity contribution in [1.82, 2.24) is 0 Å². The van der Waals surface area contributed by atoms with Crippen LogP contribution in [0.4, 0.5) is 5.69 Å². The molecule has 146 valence electrons. The normalized spacial score (nSPS) is 12.1. The first-order chi connectivity index (χ1) is 13.3. The largest absolute Gasteiger partial charge is 0.507 e. The van der Waals surface area contributed by atoms with Crippen molar-refractivity contribution in [3.8, 4) is 11.5 Å². The first-order valence-corrected chi connectivity index (χ1v) is 9.73. The summed E-state index contributed by atoms with van der Waals surface area (Å²) >= 11 is 0.604. The highest BCUT2D eigenvalue weighted by atomic mass is 32.2. The second-order valence-electron chi connectivity index (χ2n) is 5.50. The Labute approximate surface area is 163 Å². The molecule has 0 aliphatic carbocycles. The van der Waals surface area contributed by atoms with E-state index in [1.54, 1.807) is 18.2 Å². The van der Waals surface area contributed by atoms with E-state index in [0.717, 1.165) is 12.1 Å². The van der Waals surface area contributed by atoms with Crippen LogP contribution < -0.4 is 0 Å². The molecule has 0 saturated carbocycles. The number of para-hydroxylation sites is 1. The Morgan fingerprint density at radius 1 is 1.04 bits per heavy atom. The lowest BCUT2D eigenvalue weighted by molar-refractivity contribution is -0.432. The van der Waals surface area contributed by atoms with E-state index in [1.807, 2.05) is 0 Å². The fraction of sp³-hybridized carbons (Fsp3) is 0. The molecule has 9 nitrogen and oxygen atoms in total. The van der Waals surface area contributed by atoms with E-state index in [0.29, 0.717) is 22.5 Å². The van der Waals surface area contributed by atoms with Gasteiger partial charge in [0.25, 0.3) is 10.1 Å². The SMILES string of the molecule is O=S(=O)(O)c1cc(O)c2c(/N=C/c3ccccc3O)cc(SOOO)cc2c1. The minimum Gasteiger partial charge on any atom is -0.507 e. The van der Waals surface area contributed by atoms with Crippen molar-refractivity contribution in [2.75, 3.05) is 0 Å². The molecule has 3 aromatic carbocycles. The Balaban J connectivity index is 2.20. The van der Waals surface area contributed by atoms with Gasteiger partial charge in [-0.05, 0) is 35.7 Å². The van der Waals surface area contributed by atoms with Gasteiger partial charge in [0.1, 0.15) is 11.5 Å². The lowest BCUT2D eigenvalue weighted by atomic mass is 10.1. The molecule has 3 rings (SSSR count). The molecule has 0 heterocycles. The topological polar surface area (TPSA) is 146 Å². The van der Waals surface area contributed by atoms with Crippen molar-refractivity contribution < 1.29 is 37.8 Å². The van der Waals surface area contributed by atoms with Crippen molar-refractivity contribution in [3.63, 3.8) is 0 Å². The van der Waals surface area contributed by atoms with Crippen LogP contribution in [0.2, 0.25) is 0 Å². The van der Waals surface area contributed by atoms with Gasteiger partial charge in [0, 0.05) is 28.1 Å². The van der Waals surface area contributed by atoms with E-state index in [2.05, 4.69) is 14.4 Å². The predicted octanol–water partition coefficient (Wildman–Crippen LogP) is 3.68. The van der Waals surface area contributed by atoms with Gasteiger partial charge in [-0.3, -0.25) is 9.55 Å². The maximum Gasteiger partial charge on any atom is 0.294 e. The lowest BCUT2D eigenvalue weighted by Crippen LogP contribution is -1.98. The lowest BCUT2D eigenvalue weighted by Gasteiger charge is -2.09. The predicted molar refractivity (Wildman–Crippen MR) is 101 cm³/mol. The monoisotopic (exact) mass is 423 g/mol. The Morgan fingerprint density at radius 2 is 1.79 bits per heavy atom. The fourth-order valence-corrected chi connectivity index (χ4v) is 3.49. The van der Waals surface area contributed by atoms with Crippen LogP contribution in [-0.4, -0.2) is 34.7 Å². The zero-order valence-corrected chi connectivity index (χ0v) is 15.5. The van der Waals surface area contributed by atoms with Gasteiger partial charge in [-0.15, -0.1) is 4.33 Å². The van der Waals surface area contributed by atoms with E-state index < -0.39 is 20.8 Å². The summed E-state index contributed by atoms with van der Waals surface area (Å²) in [6.45, 7) is 0. The number of nitrogens with zero attached hydrogens (tertiary/aromatic N) is 1. The van der Waals surface area contributed by atoms with Crippen LogP contribution in [-0.2, 0) is 19.5 Å². The average molecular weight is 423 g/mol. The molecule has 4 N–H and O–H groups in total. The highest BCUT2D eigenvalue weighted by molar-refractivity contribution is 7.94. The summed E-state index contributed by atoms with van der Waals surface area (Å²) in [6.07, 6.45) is 1.36. The van der Waals surface area contributed by atoms with Gasteiger partial charge in [-0.2, -0.15) is 8.42 Å². The number of phenols is 2. The number of rotatable bonds is 6. The molecule has 0 unspecified atom stereocenters. The number of aliphatic imine (C=N–C) groups is 1. The second kappa shape index (κ2) is 8.14. The smallest absolute Gasteiger partial charge is 0.294 e. The summed E-state index contributed by atoms with van der Waals surface area (Å²) in [4.78, 5) is 4.10. The summed E-state index contributed by atoms with van der Waals surface area (Å²) in [5.41, 5.74) is 0.627. The molecule has 0 amide bonds. The molecule has 0 aromatic heterocycles. The summed E-state index contributed by atoms with van der Waals surface area (Å²) in [7, 11) is -4.55. The molecule has 0 saturated heterocycles. The zero-order chi connectivity index (χ0) is 20.3. The molecule has 0 bridgehead atoms. The Hall–Kier alpha value is -2.67. The molecule has 0 radical (unpaired) electrons. The Kier molecular flexibility index (Phi) is 5.84. The zero-order valence-electron chi connectivity index (χ0n) is 13.9. The third kappa shape index (κ3) is 4.42. The van der Waals surface area contributed by atoms with E-state index in [9.17, 15) is 23.2 Å². The summed E-state index contributed by atoms with van der Waals surface area (Å²) in [5, 5.41) is 32.5. The molecular weight excluding hydrogens is 410 g/mol. The number of fused-ring (bicyclic) bond motifs is 1. The van der Waals surface area contributed by atoms with Gasteiger partial charge in [0.05, 0.1) is 22.6 Å². The van der Waals surface area contributed by atoms with Gasteiger partial charge in [-0.1, -0.05) is 17.2 Å². The molecule has 0 fully saturated rings. The number of aromatic hydroxyl groups is 2. The van der Waals surface area contributed by atoms with E-state index >= 15 is 0 Å². The third-order valence-electron chi connectivity index (χ3n) is 3.69. The molecule has 0 atom stereocenters. The van der Waals surface area contributed by atoms with E-state index in [4.69, 9.17) is 5.26 Å². The van der Waals surface area contributed by atoms with Crippen LogP contribution in [0.25, 0.3) is 10.8 Å². The highest BCUT2D eigenvalue weighted by Gasteiger charge is 2.16. The number of phenolic OH excluding ortho intramolecular Hbond substituents is 2. The van der Waals surface area contributed by atoms with Crippen molar-refractivity contribution >= 4 is 44.8 Å². The van der Waals surface area contributed by atoms with Crippen molar-refractivity contribution in [3.05, 3.63) is 54.1 Å². The van der Waals surface area contributed by atoms with E-state index in [1.165, 1.54) is 24.4 Å². The van der Waals surface area contributed by atoms with E-state index in [-0.39, 0.29) is 22.2 Å². The van der Waals surface area contributed by atoms with Crippen LogP contribution >= 0.6 is 12.0 Å². The van der Waals surface area contributed by atoms with Crippen LogP contribution in [0.1, 0.15) is 5.56 Å². The minimum absolute atomic E-state index is 0.00372. The molecule has 0 aliphatic rings. The molecule has 28 heavy (non-hydrogen) atoms. The van der Waals surface area contributed by atoms with Gasteiger partial charge in [-0.25, -0.2) is 5.26 Å². The third-order valence-corrected chi connectivity index (χ3v) is 5.08. The number of hydrogen-bond acceptors (Lipinski definition) is 9. The van der Waals surface area contributed by atoms with Gasteiger partial charge in [0.15, 0.2) is 0 Å². The van der Waals surface area contributed by atoms with Crippen LogP contribution in [0.3, 0.4) is 0 Å². The average Bonchev–Trinajstić information content (AvgIpc) is 2.64. The van der Waals surface area contributed by atoms with Gasteiger partial charge >= 0.3 is 0 Å². The number of benzene rings is 3. The second-order valence-corrected chi connectivity index (χ2v) is 7.70. The van der Waals surface area contributed by atoms with Crippen LogP contribution in [0.5, 0.6) is 11.5 Å². The molecular formula is C17H13NO8S2. The van der Waals surface area contributed by atoms with Crippen molar-refractivity contribution in [2.24, 2.45) is 4.99 Å². The van der Waals surface area contributed by atoms with Gasteiger partial charge in [0.2, 0.25) is 0 Å². The molecule has 0 aliphatic heterocycles. The van der Waals surface area contributed by atoms with Gasteiger partial charge < -0.3 is 10.2 Å². The standard InChI is InChI=1S/C17H13NO8S2/c19-15-4-2-1-3-10(15)9-18-14-7-12(27-26-25-21)5-11-6-13(28(22,23)24)8-16(20)17(11)14/h1-9,19-21H,(H,22,23,24)/b18-9+. The summed E-state index contributed by atoms with van der Waals surface area (Å²) in [6, 6.07) is 11.4. The van der Waals surface area contributed by atoms with Crippen LogP contribution in [0.15, 0.2) is 63.3 Å². The summed E-state index contributed by atoms with van der Waals surface area (Å²) < 4.78 is 36.5.